The van der Waals surface area contributed by atoms with Crippen LogP contribution in [0.3, 0.4) is 0 Å². The zero-order valence-electron chi connectivity index (χ0n) is 10.3. The maximum absolute atomic E-state index is 11.8. The third-order valence-electron chi connectivity index (χ3n) is 2.78. The van der Waals surface area contributed by atoms with Gasteiger partial charge in [-0.1, -0.05) is 0 Å². The van der Waals surface area contributed by atoms with Crippen LogP contribution in [-0.2, 0) is 19.1 Å². The topological polar surface area (TPSA) is 105 Å². The summed E-state index contributed by atoms with van der Waals surface area (Å²) in [5.74, 6) is -1.40. The number of aliphatic hydroxyl groups is 1. The highest BCUT2D eigenvalue weighted by Gasteiger charge is 2.35. The Morgan fingerprint density at radius 2 is 2.11 bits per heavy atom. The molecule has 0 aromatic heterocycles. The van der Waals surface area contributed by atoms with Crippen LogP contribution in [0.1, 0.15) is 19.3 Å². The van der Waals surface area contributed by atoms with Crippen molar-refractivity contribution < 1.29 is 29.3 Å². The maximum Gasteiger partial charge on any atom is 0.332 e. The summed E-state index contributed by atoms with van der Waals surface area (Å²) in [5.41, 5.74) is 0. The predicted octanol–water partition coefficient (Wildman–Crippen LogP) is -0.868. The number of carboxylic acids is 1. The highest BCUT2D eigenvalue weighted by molar-refractivity contribution is 5.82. The van der Waals surface area contributed by atoms with Crippen LogP contribution in [0.25, 0.3) is 0 Å². The molecule has 0 radical (unpaired) electrons. The van der Waals surface area contributed by atoms with Gasteiger partial charge < -0.3 is 25.0 Å². The lowest BCUT2D eigenvalue weighted by molar-refractivity contribution is -0.152. The van der Waals surface area contributed by atoms with Crippen molar-refractivity contribution in [2.45, 2.75) is 37.5 Å². The van der Waals surface area contributed by atoms with Gasteiger partial charge in [-0.25, -0.2) is 4.79 Å². The van der Waals surface area contributed by atoms with Gasteiger partial charge in [0.15, 0.2) is 6.10 Å². The highest BCUT2D eigenvalue weighted by Crippen LogP contribution is 2.20. The molecule has 18 heavy (non-hydrogen) atoms. The molecule has 1 aliphatic rings. The minimum absolute atomic E-state index is 0.0580. The summed E-state index contributed by atoms with van der Waals surface area (Å²) in [5, 5.41) is 20.3. The molecule has 3 atom stereocenters. The Bertz CT molecular complexity index is 289. The van der Waals surface area contributed by atoms with Crippen LogP contribution in [0.4, 0.5) is 0 Å². The lowest BCUT2D eigenvalue weighted by atomic mass is 10.1. The highest BCUT2D eigenvalue weighted by atomic mass is 16.5. The molecule has 1 amide bonds. The average Bonchev–Trinajstić information content (AvgIpc) is 2.79. The molecule has 0 aromatic rings. The van der Waals surface area contributed by atoms with Crippen LogP contribution < -0.4 is 5.32 Å². The normalized spacial score (nSPS) is 24.8. The van der Waals surface area contributed by atoms with E-state index in [1.165, 1.54) is 7.11 Å². The average molecular weight is 261 g/mol. The van der Waals surface area contributed by atoms with Gasteiger partial charge in [-0.3, -0.25) is 4.79 Å². The molecular weight excluding hydrogens is 242 g/mol. The first kappa shape index (κ1) is 14.9. The number of carbonyl (C=O) groups is 2. The van der Waals surface area contributed by atoms with E-state index >= 15 is 0 Å². The summed E-state index contributed by atoms with van der Waals surface area (Å²) in [7, 11) is 1.50. The molecule has 1 aliphatic heterocycles. The molecule has 1 fully saturated rings. The second-order valence-corrected chi connectivity index (χ2v) is 4.20. The molecule has 0 aliphatic carbocycles. The van der Waals surface area contributed by atoms with Crippen molar-refractivity contribution in [2.24, 2.45) is 0 Å². The fourth-order valence-corrected chi connectivity index (χ4v) is 1.86. The van der Waals surface area contributed by atoms with E-state index < -0.39 is 18.2 Å². The summed E-state index contributed by atoms with van der Waals surface area (Å²) < 4.78 is 10.0. The molecule has 0 bridgehead atoms. The second-order valence-electron chi connectivity index (χ2n) is 4.20. The Labute approximate surface area is 105 Å². The Morgan fingerprint density at radius 3 is 2.61 bits per heavy atom. The zero-order valence-corrected chi connectivity index (χ0v) is 10.3. The zero-order chi connectivity index (χ0) is 13.5. The molecule has 3 unspecified atom stereocenters. The first-order valence-electron chi connectivity index (χ1n) is 5.87. The minimum atomic E-state index is -1.05. The summed E-state index contributed by atoms with van der Waals surface area (Å²) in [4.78, 5) is 22.5. The number of ether oxygens (including phenoxy) is 2. The summed E-state index contributed by atoms with van der Waals surface area (Å²) in [6.07, 6.45) is -0.526. The molecule has 3 N–H and O–H groups in total. The number of rotatable bonds is 7. The Morgan fingerprint density at radius 1 is 1.44 bits per heavy atom. The number of carbonyl (C=O) groups excluding carboxylic acids is 1. The third kappa shape index (κ3) is 4.25. The molecule has 1 rings (SSSR count). The van der Waals surface area contributed by atoms with Crippen molar-refractivity contribution in [1.29, 1.82) is 0 Å². The Balaban J connectivity index is 2.42. The second kappa shape index (κ2) is 7.30. The number of carboxylic acid groups (broad SMARTS) is 1. The van der Waals surface area contributed by atoms with Gasteiger partial charge in [-0.05, 0) is 19.3 Å². The number of methoxy groups -OCH3 is 1. The van der Waals surface area contributed by atoms with E-state index in [1.807, 2.05) is 0 Å². The minimum Gasteiger partial charge on any atom is -0.479 e. The van der Waals surface area contributed by atoms with Crippen molar-refractivity contribution in [1.82, 2.24) is 5.32 Å². The number of amides is 1. The van der Waals surface area contributed by atoms with Gasteiger partial charge in [0.25, 0.3) is 0 Å². The molecule has 1 saturated heterocycles. The quantitative estimate of drug-likeness (QED) is 0.550. The molecule has 0 spiro atoms. The van der Waals surface area contributed by atoms with Crippen molar-refractivity contribution in [3.05, 3.63) is 0 Å². The standard InChI is InChI=1S/C11H19NO6/c1-17-6-7(4-5-13)12-10(14)8-2-3-9(18-8)11(15)16/h7-9,13H,2-6H2,1H3,(H,12,14)(H,15,16). The summed E-state index contributed by atoms with van der Waals surface area (Å²) >= 11 is 0. The molecule has 7 heteroatoms. The van der Waals surface area contributed by atoms with E-state index in [0.29, 0.717) is 25.9 Å². The van der Waals surface area contributed by atoms with E-state index in [1.54, 1.807) is 0 Å². The summed E-state index contributed by atoms with van der Waals surface area (Å²) in [6.45, 7) is 0.235. The molecule has 7 nitrogen and oxygen atoms in total. The molecule has 104 valence electrons. The SMILES string of the molecule is COCC(CCO)NC(=O)C1CCC(C(=O)O)O1. The monoisotopic (exact) mass is 261 g/mol. The lowest BCUT2D eigenvalue weighted by Gasteiger charge is -2.19. The van der Waals surface area contributed by atoms with E-state index in [-0.39, 0.29) is 18.6 Å². The van der Waals surface area contributed by atoms with E-state index in [4.69, 9.17) is 19.7 Å². The van der Waals surface area contributed by atoms with Gasteiger partial charge in [0, 0.05) is 13.7 Å². The van der Waals surface area contributed by atoms with Crippen LogP contribution in [0.15, 0.2) is 0 Å². The fraction of sp³-hybridized carbons (Fsp3) is 0.818. The third-order valence-corrected chi connectivity index (χ3v) is 2.78. The van der Waals surface area contributed by atoms with Crippen LogP contribution in [0.5, 0.6) is 0 Å². The van der Waals surface area contributed by atoms with Crippen LogP contribution in [0.2, 0.25) is 0 Å². The first-order chi connectivity index (χ1) is 8.58. The molecular formula is C11H19NO6. The number of hydrogen-bond donors (Lipinski definition) is 3. The van der Waals surface area contributed by atoms with Crippen molar-refractivity contribution >= 4 is 11.9 Å². The smallest absolute Gasteiger partial charge is 0.332 e. The Hall–Kier alpha value is -1.18. The number of hydrogen-bond acceptors (Lipinski definition) is 5. The molecule has 0 aromatic carbocycles. The maximum atomic E-state index is 11.8. The van der Waals surface area contributed by atoms with Crippen molar-refractivity contribution in [3.8, 4) is 0 Å². The van der Waals surface area contributed by atoms with Crippen LogP contribution in [-0.4, -0.2) is 60.7 Å². The lowest BCUT2D eigenvalue weighted by Crippen LogP contribution is -2.44. The van der Waals surface area contributed by atoms with Crippen molar-refractivity contribution in [2.75, 3.05) is 20.3 Å². The number of aliphatic hydroxyl groups excluding tert-OH is 1. The fourth-order valence-electron chi connectivity index (χ4n) is 1.86. The van der Waals surface area contributed by atoms with E-state index in [9.17, 15) is 9.59 Å². The van der Waals surface area contributed by atoms with Crippen LogP contribution in [0, 0.1) is 0 Å². The molecule has 1 heterocycles. The van der Waals surface area contributed by atoms with Crippen LogP contribution >= 0.6 is 0 Å². The van der Waals surface area contributed by atoms with Gasteiger partial charge >= 0.3 is 5.97 Å². The number of aliphatic carboxylic acids is 1. The first-order valence-corrected chi connectivity index (χ1v) is 5.87. The van der Waals surface area contributed by atoms with Crippen molar-refractivity contribution in [3.63, 3.8) is 0 Å². The van der Waals surface area contributed by atoms with Gasteiger partial charge in [0.1, 0.15) is 6.10 Å². The predicted molar refractivity (Wildman–Crippen MR) is 61.0 cm³/mol. The summed E-state index contributed by atoms with van der Waals surface area (Å²) in [6, 6.07) is -0.292. The van der Waals surface area contributed by atoms with Gasteiger partial charge in [-0.15, -0.1) is 0 Å². The van der Waals surface area contributed by atoms with E-state index in [0.717, 1.165) is 0 Å². The van der Waals surface area contributed by atoms with Gasteiger partial charge in [0.05, 0.1) is 12.6 Å². The van der Waals surface area contributed by atoms with Gasteiger partial charge in [0.2, 0.25) is 5.91 Å². The van der Waals surface area contributed by atoms with E-state index in [2.05, 4.69) is 5.32 Å². The number of nitrogens with one attached hydrogen (secondary N) is 1. The van der Waals surface area contributed by atoms with Gasteiger partial charge in [-0.2, -0.15) is 0 Å². The Kier molecular flexibility index (Phi) is 6.03. The molecule has 0 saturated carbocycles. The largest absolute Gasteiger partial charge is 0.479 e.